The molecule has 0 aliphatic heterocycles. The second kappa shape index (κ2) is 12.2. The second-order valence-electron chi connectivity index (χ2n) is 9.17. The van der Waals surface area contributed by atoms with Gasteiger partial charge in [0.25, 0.3) is 11.8 Å². The molecule has 2 aromatic rings. The fraction of sp³-hybridized carbons (Fsp3) is 0.560. The Morgan fingerprint density at radius 2 is 1.69 bits per heavy atom. The molecular formula is C25H36N4O5S. The molecule has 1 fully saturated rings. The van der Waals surface area contributed by atoms with Crippen LogP contribution in [0.25, 0.3) is 0 Å². The lowest BCUT2D eigenvalue weighted by Gasteiger charge is -2.25. The maximum Gasteiger partial charge on any atom is 0.270 e. The van der Waals surface area contributed by atoms with Crippen molar-refractivity contribution in [3.05, 3.63) is 33.8 Å². The van der Waals surface area contributed by atoms with Gasteiger partial charge < -0.3 is 30.6 Å². The molecule has 1 heterocycles. The third kappa shape index (κ3) is 6.64. The number of ether oxygens (including phenoxy) is 3. The fourth-order valence-corrected chi connectivity index (χ4v) is 5.23. The van der Waals surface area contributed by atoms with Crippen molar-refractivity contribution in [3.63, 3.8) is 0 Å². The molecule has 35 heavy (non-hydrogen) atoms. The Morgan fingerprint density at radius 1 is 1.06 bits per heavy atom. The van der Waals surface area contributed by atoms with Gasteiger partial charge in [0.15, 0.2) is 11.5 Å². The molecule has 1 aliphatic rings. The molecule has 192 valence electrons. The van der Waals surface area contributed by atoms with Crippen molar-refractivity contribution in [3.8, 4) is 17.2 Å². The number of benzene rings is 1. The van der Waals surface area contributed by atoms with Crippen LogP contribution >= 0.6 is 11.3 Å². The Bertz CT molecular complexity index is 992. The van der Waals surface area contributed by atoms with E-state index >= 15 is 0 Å². The maximum absolute atomic E-state index is 13.1. The first kappa shape index (κ1) is 26.7. The number of rotatable bonds is 10. The first-order valence-corrected chi connectivity index (χ1v) is 12.7. The van der Waals surface area contributed by atoms with Crippen molar-refractivity contribution in [2.24, 2.45) is 17.6 Å². The number of amides is 2. The number of nitrogens with two attached hydrogens (primary N) is 1. The van der Waals surface area contributed by atoms with Gasteiger partial charge in [-0.1, -0.05) is 13.8 Å². The molecule has 1 aromatic carbocycles. The molecule has 3 rings (SSSR count). The van der Waals surface area contributed by atoms with E-state index in [1.54, 1.807) is 17.5 Å². The number of carbonyl (C=O) groups excluding carboxylic acids is 2. The van der Waals surface area contributed by atoms with Gasteiger partial charge in [-0.25, -0.2) is 4.98 Å². The van der Waals surface area contributed by atoms with Crippen molar-refractivity contribution in [1.82, 2.24) is 15.6 Å². The minimum Gasteiger partial charge on any atom is -0.493 e. The van der Waals surface area contributed by atoms with Crippen LogP contribution in [0.5, 0.6) is 17.2 Å². The quantitative estimate of drug-likeness (QED) is 0.452. The van der Waals surface area contributed by atoms with Crippen molar-refractivity contribution in [2.75, 3.05) is 27.9 Å². The van der Waals surface area contributed by atoms with Crippen molar-refractivity contribution in [2.45, 2.75) is 51.6 Å². The van der Waals surface area contributed by atoms with E-state index < -0.39 is 0 Å². The predicted octanol–water partition coefficient (Wildman–Crippen LogP) is 3.54. The van der Waals surface area contributed by atoms with E-state index in [1.807, 2.05) is 13.8 Å². The standard InChI is InChI=1S/C25H36N4O5S/c1-14(2)21(29-23(30)16-10-19(32-3)22(34-5)20(11-16)33-4)25-28-18(13-35-25)24(31)27-12-15-6-8-17(26)9-7-15/h10-11,13-15,17,21H,6-9,12,26H2,1-5H3,(H,27,31)(H,29,30). The monoisotopic (exact) mass is 504 g/mol. The van der Waals surface area contributed by atoms with E-state index in [-0.39, 0.29) is 29.8 Å². The van der Waals surface area contributed by atoms with Gasteiger partial charge in [0.1, 0.15) is 10.7 Å². The van der Waals surface area contributed by atoms with Crippen LogP contribution in [0.15, 0.2) is 17.5 Å². The Hall–Kier alpha value is -2.85. The highest BCUT2D eigenvalue weighted by Crippen LogP contribution is 2.38. The zero-order valence-corrected chi connectivity index (χ0v) is 21.9. The van der Waals surface area contributed by atoms with Gasteiger partial charge >= 0.3 is 0 Å². The van der Waals surface area contributed by atoms with Gasteiger partial charge in [-0.15, -0.1) is 11.3 Å². The third-order valence-corrected chi connectivity index (χ3v) is 7.27. The zero-order chi connectivity index (χ0) is 25.5. The Balaban J connectivity index is 1.69. The van der Waals surface area contributed by atoms with Crippen LogP contribution in [-0.4, -0.2) is 50.7 Å². The molecule has 0 radical (unpaired) electrons. The van der Waals surface area contributed by atoms with Crippen LogP contribution in [0, 0.1) is 11.8 Å². The smallest absolute Gasteiger partial charge is 0.270 e. The number of methoxy groups -OCH3 is 3. The second-order valence-corrected chi connectivity index (χ2v) is 10.1. The predicted molar refractivity (Wildman–Crippen MR) is 136 cm³/mol. The minimum atomic E-state index is -0.368. The highest BCUT2D eigenvalue weighted by molar-refractivity contribution is 7.09. The summed E-state index contributed by atoms with van der Waals surface area (Å²) in [6.45, 7) is 4.62. The average Bonchev–Trinajstić information content (AvgIpc) is 3.35. The molecule has 0 saturated heterocycles. The largest absolute Gasteiger partial charge is 0.493 e. The summed E-state index contributed by atoms with van der Waals surface area (Å²) in [5.41, 5.74) is 6.70. The summed E-state index contributed by atoms with van der Waals surface area (Å²) >= 11 is 1.36. The molecule has 1 aromatic heterocycles. The van der Waals surface area contributed by atoms with Gasteiger partial charge in [0.2, 0.25) is 5.75 Å². The number of aromatic nitrogens is 1. The van der Waals surface area contributed by atoms with Crippen LogP contribution in [-0.2, 0) is 0 Å². The van der Waals surface area contributed by atoms with Crippen LogP contribution in [0.4, 0.5) is 0 Å². The number of carbonyl (C=O) groups is 2. The van der Waals surface area contributed by atoms with Crippen molar-refractivity contribution >= 4 is 23.2 Å². The van der Waals surface area contributed by atoms with Crippen molar-refractivity contribution < 1.29 is 23.8 Å². The van der Waals surface area contributed by atoms with Gasteiger partial charge in [-0.3, -0.25) is 9.59 Å². The highest BCUT2D eigenvalue weighted by Gasteiger charge is 2.26. The summed E-state index contributed by atoms with van der Waals surface area (Å²) in [5, 5.41) is 8.46. The molecule has 4 N–H and O–H groups in total. The number of nitrogens with zero attached hydrogens (tertiary/aromatic N) is 1. The minimum absolute atomic E-state index is 0.0505. The van der Waals surface area contributed by atoms with Crippen LogP contribution in [0.3, 0.4) is 0 Å². The normalized spacial score (nSPS) is 18.6. The SMILES string of the molecule is COc1cc(C(=O)NC(c2nc(C(=O)NCC3CCC(N)CC3)cs2)C(C)C)cc(OC)c1OC. The van der Waals surface area contributed by atoms with E-state index in [0.717, 1.165) is 25.7 Å². The molecule has 10 heteroatoms. The van der Waals surface area contributed by atoms with E-state index in [9.17, 15) is 9.59 Å². The zero-order valence-electron chi connectivity index (χ0n) is 21.1. The van der Waals surface area contributed by atoms with Crippen LogP contribution in [0.2, 0.25) is 0 Å². The number of hydrogen-bond acceptors (Lipinski definition) is 8. The lowest BCUT2D eigenvalue weighted by Crippen LogP contribution is -2.34. The molecule has 0 bridgehead atoms. The van der Waals surface area contributed by atoms with Crippen LogP contribution < -0.4 is 30.6 Å². The molecular weight excluding hydrogens is 468 g/mol. The summed E-state index contributed by atoms with van der Waals surface area (Å²) in [5.74, 6) is 1.21. The number of thiazole rings is 1. The topological polar surface area (TPSA) is 125 Å². The lowest BCUT2D eigenvalue weighted by atomic mass is 9.86. The third-order valence-electron chi connectivity index (χ3n) is 6.34. The molecule has 1 saturated carbocycles. The summed E-state index contributed by atoms with van der Waals surface area (Å²) < 4.78 is 16.1. The Labute approximate surface area is 210 Å². The summed E-state index contributed by atoms with van der Waals surface area (Å²) in [4.78, 5) is 30.4. The van der Waals surface area contributed by atoms with Gasteiger partial charge in [-0.2, -0.15) is 0 Å². The maximum atomic E-state index is 13.1. The van der Waals surface area contributed by atoms with E-state index in [4.69, 9.17) is 19.9 Å². The Morgan fingerprint density at radius 3 is 2.23 bits per heavy atom. The number of nitrogens with one attached hydrogen (secondary N) is 2. The molecule has 0 spiro atoms. The highest BCUT2D eigenvalue weighted by atomic mass is 32.1. The lowest BCUT2D eigenvalue weighted by molar-refractivity contribution is 0.0924. The Kier molecular flexibility index (Phi) is 9.33. The van der Waals surface area contributed by atoms with Gasteiger partial charge in [-0.05, 0) is 49.7 Å². The van der Waals surface area contributed by atoms with E-state index in [0.29, 0.717) is 46.0 Å². The summed E-state index contributed by atoms with van der Waals surface area (Å²) in [6, 6.07) is 3.12. The molecule has 1 unspecified atom stereocenters. The molecule has 1 atom stereocenters. The number of hydrogen-bond donors (Lipinski definition) is 3. The first-order chi connectivity index (χ1) is 16.8. The fourth-order valence-electron chi connectivity index (χ4n) is 4.21. The average molecular weight is 505 g/mol. The van der Waals surface area contributed by atoms with Crippen LogP contribution in [0.1, 0.15) is 71.4 Å². The summed E-state index contributed by atoms with van der Waals surface area (Å²) in [7, 11) is 4.51. The summed E-state index contributed by atoms with van der Waals surface area (Å²) in [6.07, 6.45) is 4.07. The van der Waals surface area contributed by atoms with E-state index in [2.05, 4.69) is 15.6 Å². The molecule has 1 aliphatic carbocycles. The van der Waals surface area contributed by atoms with Gasteiger partial charge in [0, 0.05) is 23.5 Å². The first-order valence-electron chi connectivity index (χ1n) is 11.9. The molecule has 9 nitrogen and oxygen atoms in total. The molecule has 2 amide bonds. The van der Waals surface area contributed by atoms with Crippen molar-refractivity contribution in [1.29, 1.82) is 0 Å². The van der Waals surface area contributed by atoms with E-state index in [1.165, 1.54) is 32.7 Å². The van der Waals surface area contributed by atoms with Gasteiger partial charge in [0.05, 0.1) is 27.4 Å².